The molecule has 1 aliphatic rings. The van der Waals surface area contributed by atoms with Crippen LogP contribution in [0.2, 0.25) is 0 Å². The van der Waals surface area contributed by atoms with E-state index in [1.807, 2.05) is 24.3 Å². The number of carboxylic acid groups (broad SMARTS) is 1. The van der Waals surface area contributed by atoms with Crippen LogP contribution >= 0.6 is 0 Å². The standard InChI is InChI=1S/C15H18O3/c1-9(2)7-10-3-5-11(6-4-10)14(16)12-8-13(12)15(17)18/h3-6,9,12-13H,7-8H2,1-2H3,(H,17,18). The van der Waals surface area contributed by atoms with Crippen molar-refractivity contribution in [2.75, 3.05) is 0 Å². The first-order chi connectivity index (χ1) is 8.49. The second-order valence-corrected chi connectivity index (χ2v) is 5.45. The average molecular weight is 246 g/mol. The van der Waals surface area contributed by atoms with E-state index in [2.05, 4.69) is 13.8 Å². The lowest BCUT2D eigenvalue weighted by Gasteiger charge is -2.05. The lowest BCUT2D eigenvalue weighted by Crippen LogP contribution is -2.08. The van der Waals surface area contributed by atoms with Gasteiger partial charge in [0.15, 0.2) is 5.78 Å². The number of aliphatic carboxylic acids is 1. The fourth-order valence-electron chi connectivity index (χ4n) is 2.25. The van der Waals surface area contributed by atoms with Gasteiger partial charge in [0.1, 0.15) is 0 Å². The Balaban J connectivity index is 2.02. The minimum atomic E-state index is -0.857. The summed E-state index contributed by atoms with van der Waals surface area (Å²) in [6.07, 6.45) is 1.48. The van der Waals surface area contributed by atoms with Gasteiger partial charge >= 0.3 is 5.97 Å². The molecule has 0 spiro atoms. The largest absolute Gasteiger partial charge is 0.481 e. The molecule has 2 unspecified atom stereocenters. The van der Waals surface area contributed by atoms with E-state index < -0.39 is 11.9 Å². The minimum Gasteiger partial charge on any atom is -0.481 e. The van der Waals surface area contributed by atoms with Crippen molar-refractivity contribution in [1.29, 1.82) is 0 Å². The van der Waals surface area contributed by atoms with Gasteiger partial charge in [-0.25, -0.2) is 0 Å². The maximum atomic E-state index is 12.0. The van der Waals surface area contributed by atoms with Crippen molar-refractivity contribution >= 4 is 11.8 Å². The Hall–Kier alpha value is -1.64. The summed E-state index contributed by atoms with van der Waals surface area (Å²) in [7, 11) is 0. The third-order valence-corrected chi connectivity index (χ3v) is 3.33. The van der Waals surface area contributed by atoms with Gasteiger partial charge in [-0.15, -0.1) is 0 Å². The molecule has 1 aromatic carbocycles. The topological polar surface area (TPSA) is 54.4 Å². The number of hydrogen-bond acceptors (Lipinski definition) is 2. The van der Waals surface area contributed by atoms with Crippen molar-refractivity contribution in [2.45, 2.75) is 26.7 Å². The molecule has 0 aliphatic heterocycles. The van der Waals surface area contributed by atoms with E-state index in [0.29, 0.717) is 17.9 Å². The van der Waals surface area contributed by atoms with Crippen LogP contribution in [0, 0.1) is 17.8 Å². The zero-order chi connectivity index (χ0) is 13.3. The zero-order valence-corrected chi connectivity index (χ0v) is 10.7. The average Bonchev–Trinajstić information content (AvgIpc) is 3.08. The highest BCUT2D eigenvalue weighted by Crippen LogP contribution is 2.41. The van der Waals surface area contributed by atoms with Crippen molar-refractivity contribution in [3.8, 4) is 0 Å². The molecule has 0 bridgehead atoms. The summed E-state index contributed by atoms with van der Waals surface area (Å²) in [6.45, 7) is 4.31. The van der Waals surface area contributed by atoms with E-state index in [1.54, 1.807) is 0 Å². The second kappa shape index (κ2) is 4.92. The molecule has 0 radical (unpaired) electrons. The van der Waals surface area contributed by atoms with Gasteiger partial charge in [-0.2, -0.15) is 0 Å². The smallest absolute Gasteiger partial charge is 0.307 e. The molecule has 0 amide bonds. The summed E-state index contributed by atoms with van der Waals surface area (Å²) in [5.41, 5.74) is 1.85. The van der Waals surface area contributed by atoms with Gasteiger partial charge in [0, 0.05) is 11.5 Å². The molecule has 1 fully saturated rings. The van der Waals surface area contributed by atoms with Crippen molar-refractivity contribution < 1.29 is 14.7 Å². The Bertz CT molecular complexity index is 459. The first kappa shape index (κ1) is 12.8. The SMILES string of the molecule is CC(C)Cc1ccc(C(=O)C2CC2C(=O)O)cc1. The Kier molecular flexibility index (Phi) is 3.50. The third-order valence-electron chi connectivity index (χ3n) is 3.33. The second-order valence-electron chi connectivity index (χ2n) is 5.45. The number of Topliss-reactive ketones (excluding diaryl/α,β-unsaturated/α-hetero) is 1. The molecule has 1 aromatic rings. The number of hydrogen-bond donors (Lipinski definition) is 1. The maximum absolute atomic E-state index is 12.0. The molecular weight excluding hydrogens is 228 g/mol. The monoisotopic (exact) mass is 246 g/mol. The van der Waals surface area contributed by atoms with Gasteiger partial charge in [0.05, 0.1) is 5.92 Å². The molecule has 2 rings (SSSR count). The molecule has 18 heavy (non-hydrogen) atoms. The van der Waals surface area contributed by atoms with Gasteiger partial charge in [0.2, 0.25) is 0 Å². The van der Waals surface area contributed by atoms with Crippen LogP contribution in [0.1, 0.15) is 36.2 Å². The first-order valence-corrected chi connectivity index (χ1v) is 6.35. The Morgan fingerprint density at radius 2 is 1.83 bits per heavy atom. The normalized spacial score (nSPS) is 21.9. The quantitative estimate of drug-likeness (QED) is 0.813. The highest BCUT2D eigenvalue weighted by Gasteiger charge is 2.48. The van der Waals surface area contributed by atoms with Crippen LogP contribution in [-0.2, 0) is 11.2 Å². The van der Waals surface area contributed by atoms with Gasteiger partial charge in [0.25, 0.3) is 0 Å². The van der Waals surface area contributed by atoms with Crippen molar-refractivity contribution in [2.24, 2.45) is 17.8 Å². The molecule has 0 saturated heterocycles. The molecule has 0 heterocycles. The number of carbonyl (C=O) groups excluding carboxylic acids is 1. The maximum Gasteiger partial charge on any atom is 0.307 e. The molecule has 96 valence electrons. The molecule has 1 aliphatic carbocycles. The highest BCUT2D eigenvalue weighted by molar-refractivity contribution is 6.02. The van der Waals surface area contributed by atoms with E-state index in [1.165, 1.54) is 5.56 Å². The van der Waals surface area contributed by atoms with E-state index in [0.717, 1.165) is 6.42 Å². The van der Waals surface area contributed by atoms with E-state index in [9.17, 15) is 9.59 Å². The fraction of sp³-hybridized carbons (Fsp3) is 0.467. The number of ketones is 1. The molecular formula is C15H18O3. The molecule has 1 N–H and O–H groups in total. The van der Waals surface area contributed by atoms with E-state index in [-0.39, 0.29) is 11.7 Å². The summed E-state index contributed by atoms with van der Waals surface area (Å²) >= 11 is 0. The molecule has 0 aromatic heterocycles. The molecule has 3 heteroatoms. The van der Waals surface area contributed by atoms with Crippen molar-refractivity contribution in [1.82, 2.24) is 0 Å². The summed E-state index contributed by atoms with van der Waals surface area (Å²) in [5.74, 6) is -1.07. The molecule has 3 nitrogen and oxygen atoms in total. The Labute approximate surface area is 107 Å². The van der Waals surface area contributed by atoms with Crippen LogP contribution in [0.5, 0.6) is 0 Å². The number of carboxylic acids is 1. The molecule has 1 saturated carbocycles. The minimum absolute atomic E-state index is 0.0292. The summed E-state index contributed by atoms with van der Waals surface area (Å²) in [6, 6.07) is 7.56. The predicted molar refractivity (Wildman–Crippen MR) is 68.5 cm³/mol. The number of rotatable bonds is 5. The third kappa shape index (κ3) is 2.78. The van der Waals surface area contributed by atoms with Crippen molar-refractivity contribution in [3.63, 3.8) is 0 Å². The summed E-state index contributed by atoms with van der Waals surface area (Å²) in [4.78, 5) is 22.7. The zero-order valence-electron chi connectivity index (χ0n) is 10.7. The summed E-state index contributed by atoms with van der Waals surface area (Å²) < 4.78 is 0. The lowest BCUT2D eigenvalue weighted by molar-refractivity contribution is -0.138. The van der Waals surface area contributed by atoms with Gasteiger partial charge in [-0.1, -0.05) is 38.1 Å². The molecule has 2 atom stereocenters. The number of carbonyl (C=O) groups is 2. The van der Waals surface area contributed by atoms with Gasteiger partial charge in [-0.3, -0.25) is 9.59 Å². The van der Waals surface area contributed by atoms with Crippen molar-refractivity contribution in [3.05, 3.63) is 35.4 Å². The van der Waals surface area contributed by atoms with E-state index in [4.69, 9.17) is 5.11 Å². The summed E-state index contributed by atoms with van der Waals surface area (Å²) in [5, 5.41) is 8.81. The number of benzene rings is 1. The first-order valence-electron chi connectivity index (χ1n) is 6.35. The van der Waals surface area contributed by atoms with Gasteiger partial charge < -0.3 is 5.11 Å². The van der Waals surface area contributed by atoms with E-state index >= 15 is 0 Å². The van der Waals surface area contributed by atoms with Crippen LogP contribution in [-0.4, -0.2) is 16.9 Å². The van der Waals surface area contributed by atoms with Gasteiger partial charge in [-0.05, 0) is 24.3 Å². The Morgan fingerprint density at radius 3 is 2.28 bits per heavy atom. The van der Waals surface area contributed by atoms with Crippen LogP contribution < -0.4 is 0 Å². The Morgan fingerprint density at radius 1 is 1.22 bits per heavy atom. The van der Waals surface area contributed by atoms with Crippen LogP contribution in [0.25, 0.3) is 0 Å². The lowest BCUT2D eigenvalue weighted by atomic mass is 9.99. The predicted octanol–water partition coefficient (Wildman–Crippen LogP) is 2.79. The van der Waals surface area contributed by atoms with Crippen LogP contribution in [0.4, 0.5) is 0 Å². The fourth-order valence-corrected chi connectivity index (χ4v) is 2.25. The highest BCUT2D eigenvalue weighted by atomic mass is 16.4. The van der Waals surface area contributed by atoms with Crippen LogP contribution in [0.3, 0.4) is 0 Å². The van der Waals surface area contributed by atoms with Crippen LogP contribution in [0.15, 0.2) is 24.3 Å².